The van der Waals surface area contributed by atoms with E-state index in [0.717, 1.165) is 59.0 Å². The minimum absolute atomic E-state index is 0.270. The Kier molecular flexibility index (Phi) is 6.93. The van der Waals surface area contributed by atoms with Gasteiger partial charge in [0, 0.05) is 60.5 Å². The molecular formula is C23H27FN2O2S2. The van der Waals surface area contributed by atoms with E-state index in [2.05, 4.69) is 12.2 Å². The van der Waals surface area contributed by atoms with Crippen LogP contribution in [0.2, 0.25) is 0 Å². The summed E-state index contributed by atoms with van der Waals surface area (Å²) in [4.78, 5) is 19.9. The molecule has 1 aromatic carbocycles. The van der Waals surface area contributed by atoms with Crippen molar-refractivity contribution in [3.05, 3.63) is 39.3 Å². The highest BCUT2D eigenvalue weighted by molar-refractivity contribution is 7.22. The second-order valence-electron chi connectivity index (χ2n) is 7.94. The fourth-order valence-corrected chi connectivity index (χ4v) is 6.39. The molecule has 30 heavy (non-hydrogen) atoms. The van der Waals surface area contributed by atoms with Gasteiger partial charge < -0.3 is 10.1 Å². The van der Waals surface area contributed by atoms with Crippen LogP contribution >= 0.6 is 22.7 Å². The topological polar surface area (TPSA) is 51.2 Å². The molecule has 1 aliphatic heterocycles. The first-order chi connectivity index (χ1) is 14.5. The average Bonchev–Trinajstić information content (AvgIpc) is 3.27. The number of ketones is 1. The number of nitrogens with zero attached hydrogens (tertiary/aromatic N) is 1. The number of benzene rings is 1. The molecule has 0 radical (unpaired) electrons. The van der Waals surface area contributed by atoms with Gasteiger partial charge in [0.2, 0.25) is 0 Å². The van der Waals surface area contributed by atoms with Crippen LogP contribution in [0.25, 0.3) is 20.8 Å². The van der Waals surface area contributed by atoms with Crippen LogP contribution < -0.4 is 5.32 Å². The lowest BCUT2D eigenvalue weighted by Crippen LogP contribution is -2.32. The number of hydrogen-bond acceptors (Lipinski definition) is 6. The molecule has 1 aliphatic rings. The number of thiophene rings is 1. The number of hydrogen-bond donors (Lipinski definition) is 1. The zero-order chi connectivity index (χ0) is 21.1. The van der Waals surface area contributed by atoms with Gasteiger partial charge in [-0.3, -0.25) is 4.79 Å². The van der Waals surface area contributed by atoms with Gasteiger partial charge in [0.1, 0.15) is 16.6 Å². The molecule has 0 amide bonds. The number of unbranched alkanes of at least 4 members (excludes halogenated alkanes) is 2. The minimum atomic E-state index is -0.270. The Hall–Kier alpha value is -1.67. The van der Waals surface area contributed by atoms with Gasteiger partial charge >= 0.3 is 0 Å². The van der Waals surface area contributed by atoms with E-state index in [1.165, 1.54) is 22.6 Å². The van der Waals surface area contributed by atoms with Crippen LogP contribution in [0.4, 0.5) is 4.39 Å². The summed E-state index contributed by atoms with van der Waals surface area (Å²) >= 11 is 3.33. The van der Waals surface area contributed by atoms with Crippen molar-refractivity contribution < 1.29 is 13.9 Å². The number of ether oxygens (including phenoxy) is 1. The Morgan fingerprint density at radius 1 is 1.30 bits per heavy atom. The van der Waals surface area contributed by atoms with E-state index in [0.29, 0.717) is 24.4 Å². The molecule has 4 nitrogen and oxygen atoms in total. The highest BCUT2D eigenvalue weighted by Gasteiger charge is 2.27. The third-order valence-corrected chi connectivity index (χ3v) is 7.80. The van der Waals surface area contributed by atoms with Crippen LogP contribution in [0.1, 0.15) is 47.9 Å². The third-order valence-electron chi connectivity index (χ3n) is 5.51. The van der Waals surface area contributed by atoms with Crippen molar-refractivity contribution in [2.24, 2.45) is 0 Å². The summed E-state index contributed by atoms with van der Waals surface area (Å²) in [5, 5.41) is 4.43. The van der Waals surface area contributed by atoms with Crippen LogP contribution in [0.5, 0.6) is 0 Å². The fraction of sp³-hybridized carbons (Fsp3) is 0.478. The Balaban J connectivity index is 1.61. The molecule has 3 heterocycles. The molecule has 0 bridgehead atoms. The normalized spacial score (nSPS) is 16.2. The molecule has 7 heteroatoms. The molecular weight excluding hydrogens is 419 g/mol. The number of thiazole rings is 1. The number of fused-ring (bicyclic) bond motifs is 2. The molecule has 3 aromatic rings. The van der Waals surface area contributed by atoms with E-state index in [1.807, 2.05) is 0 Å². The lowest BCUT2D eigenvalue weighted by atomic mass is 9.97. The van der Waals surface area contributed by atoms with Crippen molar-refractivity contribution in [2.45, 2.75) is 58.0 Å². The standard InChI is InChI=1S/C23H27FN2O2S2/c1-14-10-17-21(13-25-14)29-20(12-16(27)6-4-3-5-9-28-2)22(17)23-26-18-11-15(24)7-8-19(18)30-23/h7-8,11,14,25H,3-6,9-10,12-13H2,1-2H3/t14-/m0/s1. The van der Waals surface area contributed by atoms with Gasteiger partial charge in [0.25, 0.3) is 0 Å². The summed E-state index contributed by atoms with van der Waals surface area (Å²) in [6.07, 6.45) is 4.89. The van der Waals surface area contributed by atoms with E-state index >= 15 is 0 Å². The molecule has 4 rings (SSSR count). The number of aromatic nitrogens is 1. The summed E-state index contributed by atoms with van der Waals surface area (Å²) in [7, 11) is 1.71. The molecule has 160 valence electrons. The van der Waals surface area contributed by atoms with Crippen LogP contribution in [0.15, 0.2) is 18.2 Å². The second kappa shape index (κ2) is 9.64. The number of halogens is 1. The van der Waals surface area contributed by atoms with Crippen LogP contribution in [0, 0.1) is 5.82 Å². The minimum Gasteiger partial charge on any atom is -0.385 e. The number of nitrogens with one attached hydrogen (secondary N) is 1. The molecule has 0 saturated heterocycles. The number of carbonyl (C=O) groups excluding carboxylic acids is 1. The van der Waals surface area contributed by atoms with Crippen molar-refractivity contribution in [1.29, 1.82) is 0 Å². The van der Waals surface area contributed by atoms with E-state index < -0.39 is 0 Å². The summed E-state index contributed by atoms with van der Waals surface area (Å²) in [6, 6.07) is 5.15. The lowest BCUT2D eigenvalue weighted by Gasteiger charge is -2.20. The first-order valence-electron chi connectivity index (χ1n) is 10.5. The smallest absolute Gasteiger partial charge is 0.138 e. The van der Waals surface area contributed by atoms with E-state index in [4.69, 9.17) is 9.72 Å². The Morgan fingerprint density at radius 3 is 3.00 bits per heavy atom. The quantitative estimate of drug-likeness (QED) is 0.440. The molecule has 1 N–H and O–H groups in total. The summed E-state index contributed by atoms with van der Waals surface area (Å²) in [5.41, 5.74) is 3.12. The first kappa shape index (κ1) is 21.6. The molecule has 0 spiro atoms. The zero-order valence-electron chi connectivity index (χ0n) is 17.4. The fourth-order valence-electron chi connectivity index (χ4n) is 3.97. The maximum absolute atomic E-state index is 13.7. The second-order valence-corrected chi connectivity index (χ2v) is 10.2. The summed E-state index contributed by atoms with van der Waals surface area (Å²) in [6.45, 7) is 3.77. The van der Waals surface area contributed by atoms with E-state index in [1.54, 1.807) is 35.8 Å². The largest absolute Gasteiger partial charge is 0.385 e. The van der Waals surface area contributed by atoms with Crippen molar-refractivity contribution >= 4 is 38.7 Å². The zero-order valence-corrected chi connectivity index (χ0v) is 19.1. The lowest BCUT2D eigenvalue weighted by molar-refractivity contribution is -0.118. The van der Waals surface area contributed by atoms with Crippen LogP contribution in [-0.4, -0.2) is 30.5 Å². The van der Waals surface area contributed by atoms with Gasteiger partial charge in [-0.05, 0) is 43.9 Å². The highest BCUT2D eigenvalue weighted by Crippen LogP contribution is 2.42. The average molecular weight is 447 g/mol. The number of methoxy groups -OCH3 is 1. The molecule has 1 atom stereocenters. The monoisotopic (exact) mass is 446 g/mol. The predicted octanol–water partition coefficient (Wildman–Crippen LogP) is 5.52. The van der Waals surface area contributed by atoms with Gasteiger partial charge in [-0.25, -0.2) is 9.37 Å². The van der Waals surface area contributed by atoms with Crippen molar-refractivity contribution in [3.63, 3.8) is 0 Å². The Morgan fingerprint density at radius 2 is 2.17 bits per heavy atom. The van der Waals surface area contributed by atoms with Crippen LogP contribution in [-0.2, 0) is 28.9 Å². The van der Waals surface area contributed by atoms with Crippen molar-refractivity contribution in [2.75, 3.05) is 13.7 Å². The molecule has 2 aromatic heterocycles. The Bertz CT molecular complexity index is 1040. The van der Waals surface area contributed by atoms with E-state index in [9.17, 15) is 9.18 Å². The maximum atomic E-state index is 13.7. The SMILES string of the molecule is COCCCCCC(=O)Cc1sc2c(c1-c1nc3cc(F)ccc3s1)C[C@H](C)NC2. The van der Waals surface area contributed by atoms with Gasteiger partial charge in [0.15, 0.2) is 0 Å². The van der Waals surface area contributed by atoms with Crippen molar-refractivity contribution in [1.82, 2.24) is 10.3 Å². The summed E-state index contributed by atoms with van der Waals surface area (Å²) < 4.78 is 19.7. The molecule has 0 aliphatic carbocycles. The summed E-state index contributed by atoms with van der Waals surface area (Å²) in [5.74, 6) is 0.00817. The van der Waals surface area contributed by atoms with E-state index in [-0.39, 0.29) is 11.6 Å². The Labute approximate surface area is 184 Å². The van der Waals surface area contributed by atoms with Gasteiger partial charge in [0.05, 0.1) is 10.2 Å². The first-order valence-corrected chi connectivity index (χ1v) is 12.1. The van der Waals surface area contributed by atoms with Crippen molar-refractivity contribution in [3.8, 4) is 10.6 Å². The molecule has 0 saturated carbocycles. The predicted molar refractivity (Wildman–Crippen MR) is 122 cm³/mol. The van der Waals surface area contributed by atoms with Crippen LogP contribution in [0.3, 0.4) is 0 Å². The number of rotatable bonds is 9. The molecule has 0 unspecified atom stereocenters. The third kappa shape index (κ3) is 4.80. The number of Topliss-reactive ketones (excluding diaryl/α,β-unsaturated/α-hetero) is 1. The molecule has 0 fully saturated rings. The maximum Gasteiger partial charge on any atom is 0.138 e. The van der Waals surface area contributed by atoms with Gasteiger partial charge in [-0.15, -0.1) is 22.7 Å². The van der Waals surface area contributed by atoms with Gasteiger partial charge in [-0.1, -0.05) is 6.42 Å². The highest BCUT2D eigenvalue weighted by atomic mass is 32.1. The number of carbonyl (C=O) groups is 1. The van der Waals surface area contributed by atoms with Gasteiger partial charge in [-0.2, -0.15) is 0 Å².